The Balaban J connectivity index is 1.64. The second-order valence-electron chi connectivity index (χ2n) is 6.89. The van der Waals surface area contributed by atoms with Crippen LogP contribution in [0.3, 0.4) is 0 Å². The lowest BCUT2D eigenvalue weighted by Crippen LogP contribution is -2.33. The molecule has 28 heavy (non-hydrogen) atoms. The fourth-order valence-electron chi connectivity index (χ4n) is 3.63. The van der Waals surface area contributed by atoms with Gasteiger partial charge in [-0.1, -0.05) is 18.2 Å². The summed E-state index contributed by atoms with van der Waals surface area (Å²) < 4.78 is 5.33. The third kappa shape index (κ3) is 4.89. The summed E-state index contributed by atoms with van der Waals surface area (Å²) in [4.78, 5) is 26.8. The van der Waals surface area contributed by atoms with Gasteiger partial charge in [-0.25, -0.2) is 0 Å². The number of rotatable bonds is 7. The molecule has 0 saturated carbocycles. The highest BCUT2D eigenvalue weighted by Gasteiger charge is 2.27. The van der Waals surface area contributed by atoms with E-state index < -0.39 is 0 Å². The second kappa shape index (κ2) is 9.37. The molecule has 1 heterocycles. The predicted molar refractivity (Wildman–Crippen MR) is 110 cm³/mol. The molecule has 2 amide bonds. The average Bonchev–Trinajstić information content (AvgIpc) is 3.16. The van der Waals surface area contributed by atoms with E-state index in [0.717, 1.165) is 25.1 Å². The topological polar surface area (TPSA) is 70.7 Å². The number of carbonyl (C=O) groups excluding carboxylic acids is 2. The molecule has 2 aromatic carbocycles. The first-order valence-corrected chi connectivity index (χ1v) is 9.67. The van der Waals surface area contributed by atoms with Gasteiger partial charge in [0.15, 0.2) is 0 Å². The lowest BCUT2D eigenvalue weighted by molar-refractivity contribution is -0.117. The summed E-state index contributed by atoms with van der Waals surface area (Å²) in [5, 5.41) is 5.68. The van der Waals surface area contributed by atoms with E-state index in [4.69, 9.17) is 4.74 Å². The number of ether oxygens (including phenoxy) is 1. The summed E-state index contributed by atoms with van der Waals surface area (Å²) in [6.45, 7) is 3.63. The van der Waals surface area contributed by atoms with Crippen molar-refractivity contribution in [1.29, 1.82) is 0 Å². The van der Waals surface area contributed by atoms with Crippen LogP contribution < -0.4 is 15.4 Å². The number of nitrogens with one attached hydrogen (secondary N) is 2. The van der Waals surface area contributed by atoms with Crippen molar-refractivity contribution < 1.29 is 14.3 Å². The largest absolute Gasteiger partial charge is 0.497 e. The van der Waals surface area contributed by atoms with Gasteiger partial charge in [0.05, 0.1) is 13.7 Å². The molecule has 6 heteroatoms. The average molecular weight is 381 g/mol. The van der Waals surface area contributed by atoms with Crippen molar-refractivity contribution in [3.05, 3.63) is 59.7 Å². The van der Waals surface area contributed by atoms with Gasteiger partial charge in [0.2, 0.25) is 5.91 Å². The molecule has 0 bridgehead atoms. The van der Waals surface area contributed by atoms with Gasteiger partial charge in [-0.2, -0.15) is 0 Å². The van der Waals surface area contributed by atoms with Gasteiger partial charge in [0.1, 0.15) is 5.75 Å². The van der Waals surface area contributed by atoms with Crippen molar-refractivity contribution in [3.63, 3.8) is 0 Å². The molecule has 1 aliphatic heterocycles. The van der Waals surface area contributed by atoms with Gasteiger partial charge >= 0.3 is 0 Å². The van der Waals surface area contributed by atoms with Crippen molar-refractivity contribution in [2.45, 2.75) is 25.8 Å². The van der Waals surface area contributed by atoms with E-state index in [0.29, 0.717) is 24.3 Å². The maximum absolute atomic E-state index is 12.6. The molecular formula is C22H27N3O3. The van der Waals surface area contributed by atoms with Crippen LogP contribution in [0.25, 0.3) is 0 Å². The van der Waals surface area contributed by atoms with Crippen molar-refractivity contribution in [2.24, 2.45) is 0 Å². The predicted octanol–water partition coefficient (Wildman–Crippen LogP) is 3.22. The SMILES string of the molecule is CCNC(=O)c1cccc(NC(=O)CN2CCCC2c2cccc(OC)c2)c1. The molecule has 1 saturated heterocycles. The van der Waals surface area contributed by atoms with Crippen LogP contribution in [0, 0.1) is 0 Å². The zero-order valence-electron chi connectivity index (χ0n) is 16.4. The number of amides is 2. The van der Waals surface area contributed by atoms with E-state index in [1.165, 1.54) is 5.56 Å². The third-order valence-corrected chi connectivity index (χ3v) is 4.93. The molecule has 6 nitrogen and oxygen atoms in total. The first kappa shape index (κ1) is 19.9. The van der Waals surface area contributed by atoms with Gasteiger partial charge in [-0.3, -0.25) is 14.5 Å². The molecule has 1 atom stereocenters. The third-order valence-electron chi connectivity index (χ3n) is 4.93. The van der Waals surface area contributed by atoms with E-state index in [1.807, 2.05) is 25.1 Å². The number of hydrogen-bond donors (Lipinski definition) is 2. The minimum absolute atomic E-state index is 0.0807. The summed E-state index contributed by atoms with van der Waals surface area (Å²) in [7, 11) is 1.66. The first-order chi connectivity index (χ1) is 13.6. The fourth-order valence-corrected chi connectivity index (χ4v) is 3.63. The number of methoxy groups -OCH3 is 1. The van der Waals surface area contributed by atoms with Crippen LogP contribution in [0.15, 0.2) is 48.5 Å². The molecule has 2 aromatic rings. The Morgan fingerprint density at radius 1 is 1.18 bits per heavy atom. The van der Waals surface area contributed by atoms with Gasteiger partial charge in [0.25, 0.3) is 5.91 Å². The summed E-state index contributed by atoms with van der Waals surface area (Å²) in [6, 6.07) is 15.2. The van der Waals surface area contributed by atoms with Crippen molar-refractivity contribution in [1.82, 2.24) is 10.2 Å². The van der Waals surface area contributed by atoms with Gasteiger partial charge in [0, 0.05) is 23.8 Å². The first-order valence-electron chi connectivity index (χ1n) is 9.67. The molecule has 148 valence electrons. The van der Waals surface area contributed by atoms with Crippen LogP contribution in [-0.2, 0) is 4.79 Å². The molecule has 0 aliphatic carbocycles. The highest BCUT2D eigenvalue weighted by molar-refractivity contribution is 5.97. The standard InChI is InChI=1S/C22H27N3O3/c1-3-23-22(27)17-8-4-9-18(13-17)24-21(26)15-25-12-6-11-20(25)16-7-5-10-19(14-16)28-2/h4-5,7-10,13-14,20H,3,6,11-12,15H2,1-2H3,(H,23,27)(H,24,26). The number of hydrogen-bond acceptors (Lipinski definition) is 4. The summed E-state index contributed by atoms with van der Waals surface area (Å²) in [6.07, 6.45) is 2.08. The molecule has 1 unspecified atom stereocenters. The Kier molecular flexibility index (Phi) is 6.66. The number of anilines is 1. The van der Waals surface area contributed by atoms with E-state index in [-0.39, 0.29) is 17.9 Å². The molecule has 0 radical (unpaired) electrons. The minimum atomic E-state index is -0.142. The normalized spacial score (nSPS) is 16.6. The maximum Gasteiger partial charge on any atom is 0.251 e. The van der Waals surface area contributed by atoms with Crippen molar-refractivity contribution >= 4 is 17.5 Å². The highest BCUT2D eigenvalue weighted by Crippen LogP contribution is 2.33. The number of likely N-dealkylation sites (tertiary alicyclic amines) is 1. The summed E-state index contributed by atoms with van der Waals surface area (Å²) >= 11 is 0. The molecule has 3 rings (SSSR count). The van der Waals surface area contributed by atoms with Crippen molar-refractivity contribution in [2.75, 3.05) is 32.1 Å². The molecule has 1 aliphatic rings. The van der Waals surface area contributed by atoms with Crippen LogP contribution in [0.4, 0.5) is 5.69 Å². The van der Waals surface area contributed by atoms with E-state index >= 15 is 0 Å². The minimum Gasteiger partial charge on any atom is -0.497 e. The Labute approximate surface area is 165 Å². The fraction of sp³-hybridized carbons (Fsp3) is 0.364. The Bertz CT molecular complexity index is 837. The second-order valence-corrected chi connectivity index (χ2v) is 6.89. The molecule has 1 fully saturated rings. The van der Waals surface area contributed by atoms with Crippen LogP contribution in [-0.4, -0.2) is 43.5 Å². The van der Waals surface area contributed by atoms with Crippen LogP contribution in [0.2, 0.25) is 0 Å². The van der Waals surface area contributed by atoms with Crippen LogP contribution in [0.1, 0.15) is 41.7 Å². The smallest absolute Gasteiger partial charge is 0.251 e. The monoisotopic (exact) mass is 381 g/mol. The van der Waals surface area contributed by atoms with Crippen LogP contribution >= 0.6 is 0 Å². The van der Waals surface area contributed by atoms with E-state index in [2.05, 4.69) is 21.6 Å². The van der Waals surface area contributed by atoms with Gasteiger partial charge in [-0.15, -0.1) is 0 Å². The lowest BCUT2D eigenvalue weighted by atomic mass is 10.0. The maximum atomic E-state index is 12.6. The number of nitrogens with zero attached hydrogens (tertiary/aromatic N) is 1. The zero-order valence-corrected chi connectivity index (χ0v) is 16.4. The van der Waals surface area contributed by atoms with Crippen molar-refractivity contribution in [3.8, 4) is 5.75 Å². The quantitative estimate of drug-likeness (QED) is 0.773. The number of carbonyl (C=O) groups is 2. The zero-order chi connectivity index (χ0) is 19.9. The van der Waals surface area contributed by atoms with E-state index in [1.54, 1.807) is 31.4 Å². The highest BCUT2D eigenvalue weighted by atomic mass is 16.5. The summed E-state index contributed by atoms with van der Waals surface area (Å²) in [5.41, 5.74) is 2.34. The Morgan fingerprint density at radius 3 is 2.79 bits per heavy atom. The molecule has 0 aromatic heterocycles. The Morgan fingerprint density at radius 2 is 2.00 bits per heavy atom. The van der Waals surface area contributed by atoms with Gasteiger partial charge < -0.3 is 15.4 Å². The van der Waals surface area contributed by atoms with Crippen LogP contribution in [0.5, 0.6) is 5.75 Å². The lowest BCUT2D eigenvalue weighted by Gasteiger charge is -2.24. The van der Waals surface area contributed by atoms with Gasteiger partial charge in [-0.05, 0) is 62.2 Å². The number of benzene rings is 2. The molecule has 0 spiro atoms. The Hall–Kier alpha value is -2.86. The molecular weight excluding hydrogens is 354 g/mol. The van der Waals surface area contributed by atoms with E-state index in [9.17, 15) is 9.59 Å². The molecule has 2 N–H and O–H groups in total. The summed E-state index contributed by atoms with van der Waals surface area (Å²) in [5.74, 6) is 0.607.